The Balaban J connectivity index is 1.56. The van der Waals surface area contributed by atoms with Crippen LogP contribution in [0.1, 0.15) is 63.2 Å². The minimum atomic E-state index is 0.0258. The molecule has 6 aromatic rings. The maximum Gasteiger partial charge on any atom is 0.144 e. The highest BCUT2D eigenvalue weighted by Crippen LogP contribution is 2.41. The monoisotopic (exact) mass is 532 g/mol. The molecule has 198 valence electrons. The molecule has 0 fully saturated rings. The average Bonchev–Trinajstić information content (AvgIpc) is 3.43. The van der Waals surface area contributed by atoms with Crippen LogP contribution in [0.3, 0.4) is 0 Å². The fraction of sp³-hybridized carbons (Fsp3) is 0.314. The highest BCUT2D eigenvalue weighted by Gasteiger charge is 2.22. The normalized spacial score (nSPS) is 12.7. The third kappa shape index (κ3) is 4.65. The van der Waals surface area contributed by atoms with Crippen LogP contribution in [-0.2, 0) is 11.8 Å². The number of rotatable bonds is 3. The molecule has 0 N–H and O–H groups in total. The molecule has 3 aromatic heterocycles. The second-order valence-corrected chi connectivity index (χ2v) is 14.1. The third-order valence-electron chi connectivity index (χ3n) is 7.38. The molecule has 0 saturated carbocycles. The number of fused-ring (bicyclic) bond motifs is 4. The summed E-state index contributed by atoms with van der Waals surface area (Å²) in [7, 11) is 0. The third-order valence-corrected chi connectivity index (χ3v) is 8.83. The Morgan fingerprint density at radius 3 is 2.23 bits per heavy atom. The minimum absolute atomic E-state index is 0.0258. The number of furan rings is 1. The van der Waals surface area contributed by atoms with Gasteiger partial charge in [-0.2, -0.15) is 0 Å². The number of hydrogen-bond acceptors (Lipinski definition) is 4. The Bertz CT molecular complexity index is 1860. The number of hydrogen-bond donors (Lipinski definition) is 0. The molecule has 0 saturated heterocycles. The van der Waals surface area contributed by atoms with Gasteiger partial charge in [-0.05, 0) is 71.7 Å². The van der Waals surface area contributed by atoms with Gasteiger partial charge in [0.15, 0.2) is 0 Å². The maximum absolute atomic E-state index is 6.57. The number of para-hydroxylation sites is 1. The SMILES string of the molecule is Cc1cccc(C)c1-c1cc(-c2cccc3c2oc2cc4nc(C(C)(C)C)sc4cc23)ncc1CC(C)(C)C. The molecule has 6 rings (SSSR count). The molecule has 0 aliphatic heterocycles. The van der Waals surface area contributed by atoms with Gasteiger partial charge in [0.1, 0.15) is 11.2 Å². The summed E-state index contributed by atoms with van der Waals surface area (Å²) in [6.45, 7) is 17.9. The first-order valence-electron chi connectivity index (χ1n) is 13.7. The van der Waals surface area contributed by atoms with Crippen LogP contribution in [0.4, 0.5) is 0 Å². The Labute approximate surface area is 234 Å². The van der Waals surface area contributed by atoms with Crippen molar-refractivity contribution in [3.8, 4) is 22.4 Å². The van der Waals surface area contributed by atoms with E-state index in [-0.39, 0.29) is 10.8 Å². The van der Waals surface area contributed by atoms with Crippen molar-refractivity contribution in [2.75, 3.05) is 0 Å². The number of thiazole rings is 1. The molecule has 0 bridgehead atoms. The van der Waals surface area contributed by atoms with Crippen LogP contribution < -0.4 is 0 Å². The number of pyridine rings is 1. The van der Waals surface area contributed by atoms with Crippen molar-refractivity contribution in [3.05, 3.63) is 82.5 Å². The molecule has 0 aliphatic rings. The van der Waals surface area contributed by atoms with Crippen LogP contribution in [0, 0.1) is 19.3 Å². The summed E-state index contributed by atoms with van der Waals surface area (Å²) in [5, 5.41) is 3.39. The van der Waals surface area contributed by atoms with Gasteiger partial charge in [-0.1, -0.05) is 71.9 Å². The second-order valence-electron chi connectivity index (χ2n) is 13.1. The van der Waals surface area contributed by atoms with Crippen molar-refractivity contribution in [2.45, 2.75) is 67.2 Å². The van der Waals surface area contributed by atoms with Gasteiger partial charge in [-0.3, -0.25) is 4.98 Å². The van der Waals surface area contributed by atoms with Gasteiger partial charge in [0.25, 0.3) is 0 Å². The molecule has 0 aliphatic carbocycles. The van der Waals surface area contributed by atoms with E-state index in [9.17, 15) is 0 Å². The van der Waals surface area contributed by atoms with Gasteiger partial charge in [0, 0.05) is 34.0 Å². The predicted octanol–water partition coefficient (Wildman–Crippen LogP) is 10.4. The Kier molecular flexibility index (Phi) is 5.96. The lowest BCUT2D eigenvalue weighted by Crippen LogP contribution is -2.11. The number of nitrogens with zero attached hydrogens (tertiary/aromatic N) is 2. The lowest BCUT2D eigenvalue weighted by atomic mass is 9.83. The number of benzene rings is 3. The van der Waals surface area contributed by atoms with Crippen molar-refractivity contribution in [3.63, 3.8) is 0 Å². The van der Waals surface area contributed by atoms with E-state index in [0.717, 1.165) is 50.1 Å². The van der Waals surface area contributed by atoms with Crippen LogP contribution >= 0.6 is 11.3 Å². The summed E-state index contributed by atoms with van der Waals surface area (Å²) >= 11 is 1.77. The summed E-state index contributed by atoms with van der Waals surface area (Å²) in [5.41, 5.74) is 11.3. The van der Waals surface area contributed by atoms with Gasteiger partial charge in [-0.15, -0.1) is 11.3 Å². The van der Waals surface area contributed by atoms with E-state index < -0.39 is 0 Å². The Morgan fingerprint density at radius 1 is 0.821 bits per heavy atom. The smallest absolute Gasteiger partial charge is 0.144 e. The van der Waals surface area contributed by atoms with Crippen molar-refractivity contribution < 1.29 is 4.42 Å². The molecule has 3 heterocycles. The van der Waals surface area contributed by atoms with Crippen molar-refractivity contribution in [1.29, 1.82) is 0 Å². The molecule has 39 heavy (non-hydrogen) atoms. The second kappa shape index (κ2) is 9.02. The Morgan fingerprint density at radius 2 is 1.54 bits per heavy atom. The molecule has 3 nitrogen and oxygen atoms in total. The Hall–Kier alpha value is -3.50. The van der Waals surface area contributed by atoms with Crippen LogP contribution in [0.15, 0.2) is 65.2 Å². The van der Waals surface area contributed by atoms with Crippen LogP contribution in [0.5, 0.6) is 0 Å². The molecular formula is C35H36N2OS. The number of aryl methyl sites for hydroxylation is 2. The fourth-order valence-corrected chi connectivity index (χ4v) is 6.60. The summed E-state index contributed by atoms with van der Waals surface area (Å²) in [4.78, 5) is 9.94. The minimum Gasteiger partial charge on any atom is -0.455 e. The highest BCUT2D eigenvalue weighted by atomic mass is 32.1. The largest absolute Gasteiger partial charge is 0.455 e. The molecule has 4 heteroatoms. The summed E-state index contributed by atoms with van der Waals surface area (Å²) in [6, 6.07) is 19.6. The zero-order valence-electron chi connectivity index (χ0n) is 24.2. The van der Waals surface area contributed by atoms with E-state index in [1.165, 1.54) is 32.5 Å². The standard InChI is InChI=1S/C35H36N2OS/c1-20-11-9-12-21(2)31(20)25-15-27(36-19-22(25)18-34(3,4)5)24-14-10-13-23-26-16-30-28(17-29(26)38-32(23)24)37-33(39-30)35(6,7)8/h9-17,19H,18H2,1-8H3. The summed E-state index contributed by atoms with van der Waals surface area (Å²) in [5.74, 6) is 0. The van der Waals surface area contributed by atoms with Gasteiger partial charge >= 0.3 is 0 Å². The lowest BCUT2D eigenvalue weighted by Gasteiger charge is -2.22. The van der Waals surface area contributed by atoms with E-state index in [2.05, 4.69) is 116 Å². The van der Waals surface area contributed by atoms with E-state index >= 15 is 0 Å². The van der Waals surface area contributed by atoms with Crippen molar-refractivity contribution >= 4 is 43.5 Å². The quantitative estimate of drug-likeness (QED) is 0.227. The summed E-state index contributed by atoms with van der Waals surface area (Å²) < 4.78 is 7.77. The zero-order chi connectivity index (χ0) is 27.7. The molecule has 0 unspecified atom stereocenters. The van der Waals surface area contributed by atoms with Gasteiger partial charge in [0.2, 0.25) is 0 Å². The van der Waals surface area contributed by atoms with E-state index in [1.807, 2.05) is 0 Å². The lowest BCUT2D eigenvalue weighted by molar-refractivity contribution is 0.411. The van der Waals surface area contributed by atoms with Crippen molar-refractivity contribution in [1.82, 2.24) is 9.97 Å². The van der Waals surface area contributed by atoms with Crippen LogP contribution in [0.25, 0.3) is 54.5 Å². The van der Waals surface area contributed by atoms with Gasteiger partial charge < -0.3 is 4.42 Å². The highest BCUT2D eigenvalue weighted by molar-refractivity contribution is 7.18. The van der Waals surface area contributed by atoms with Gasteiger partial charge in [0.05, 0.1) is 20.9 Å². The first-order valence-corrected chi connectivity index (χ1v) is 14.5. The molecule has 0 atom stereocenters. The van der Waals surface area contributed by atoms with E-state index in [4.69, 9.17) is 14.4 Å². The number of aromatic nitrogens is 2. The molecule has 0 spiro atoms. The summed E-state index contributed by atoms with van der Waals surface area (Å²) in [6.07, 6.45) is 3.04. The van der Waals surface area contributed by atoms with Crippen molar-refractivity contribution in [2.24, 2.45) is 5.41 Å². The first kappa shape index (κ1) is 25.8. The predicted molar refractivity (Wildman–Crippen MR) is 167 cm³/mol. The molecule has 3 aromatic carbocycles. The average molecular weight is 533 g/mol. The van der Waals surface area contributed by atoms with E-state index in [0.29, 0.717) is 0 Å². The maximum atomic E-state index is 6.57. The zero-order valence-corrected chi connectivity index (χ0v) is 25.0. The van der Waals surface area contributed by atoms with Gasteiger partial charge in [-0.25, -0.2) is 4.98 Å². The van der Waals surface area contributed by atoms with E-state index in [1.54, 1.807) is 11.3 Å². The molecule has 0 amide bonds. The topological polar surface area (TPSA) is 38.9 Å². The first-order chi connectivity index (χ1) is 18.4. The fourth-order valence-electron chi connectivity index (χ4n) is 5.56. The van der Waals surface area contributed by atoms with Crippen LogP contribution in [-0.4, -0.2) is 9.97 Å². The molecule has 0 radical (unpaired) electrons. The molecular weight excluding hydrogens is 496 g/mol. The van der Waals surface area contributed by atoms with Crippen LogP contribution in [0.2, 0.25) is 0 Å².